The molecule has 0 unspecified atom stereocenters. The summed E-state index contributed by atoms with van der Waals surface area (Å²) in [6.07, 6.45) is 0. The zero-order valence-corrected chi connectivity index (χ0v) is 14.9. The fourth-order valence-corrected chi connectivity index (χ4v) is 2.65. The molecular weight excluding hydrogens is 350 g/mol. The Balaban J connectivity index is 1.60. The monoisotopic (exact) mass is 369 g/mol. The van der Waals surface area contributed by atoms with E-state index in [2.05, 4.69) is 16.0 Å². The van der Waals surface area contributed by atoms with E-state index in [1.807, 2.05) is 0 Å². The summed E-state index contributed by atoms with van der Waals surface area (Å²) in [4.78, 5) is 36.2. The minimum Gasteiger partial charge on any atom is -0.454 e. The van der Waals surface area contributed by atoms with E-state index < -0.39 is 11.8 Å². The minimum atomic E-state index is -0.403. The number of amides is 3. The summed E-state index contributed by atoms with van der Waals surface area (Å²) in [6.45, 7) is 1.65. The molecule has 27 heavy (non-hydrogen) atoms. The van der Waals surface area contributed by atoms with Gasteiger partial charge in [0, 0.05) is 23.9 Å². The van der Waals surface area contributed by atoms with Gasteiger partial charge >= 0.3 is 0 Å². The van der Waals surface area contributed by atoms with E-state index in [1.165, 1.54) is 0 Å². The third kappa shape index (κ3) is 4.00. The van der Waals surface area contributed by atoms with Gasteiger partial charge in [-0.15, -0.1) is 0 Å². The second-order valence-electron chi connectivity index (χ2n) is 5.86. The Morgan fingerprint density at radius 2 is 1.81 bits per heavy atom. The number of anilines is 1. The predicted molar refractivity (Wildman–Crippen MR) is 98.1 cm³/mol. The van der Waals surface area contributed by atoms with E-state index in [-0.39, 0.29) is 19.2 Å². The van der Waals surface area contributed by atoms with Crippen LogP contribution in [0.25, 0.3) is 0 Å². The fourth-order valence-electron chi connectivity index (χ4n) is 2.65. The van der Waals surface area contributed by atoms with E-state index in [0.29, 0.717) is 33.9 Å². The number of fused-ring (bicyclic) bond motifs is 1. The molecule has 0 fully saturated rings. The van der Waals surface area contributed by atoms with E-state index in [4.69, 9.17) is 9.47 Å². The molecule has 0 aliphatic carbocycles. The van der Waals surface area contributed by atoms with Gasteiger partial charge in [-0.05, 0) is 42.8 Å². The Labute approximate surface area is 155 Å². The summed E-state index contributed by atoms with van der Waals surface area (Å²) >= 11 is 0. The summed E-state index contributed by atoms with van der Waals surface area (Å²) in [5.41, 5.74) is 2.00. The van der Waals surface area contributed by atoms with Crippen LogP contribution in [0, 0.1) is 6.92 Å². The average molecular weight is 369 g/mol. The summed E-state index contributed by atoms with van der Waals surface area (Å²) in [5, 5.41) is 7.80. The molecule has 0 spiro atoms. The van der Waals surface area contributed by atoms with Crippen molar-refractivity contribution >= 4 is 23.4 Å². The van der Waals surface area contributed by atoms with Crippen LogP contribution in [0.5, 0.6) is 11.5 Å². The number of nitrogens with one attached hydrogen (secondary N) is 3. The minimum absolute atomic E-state index is 0.122. The first-order chi connectivity index (χ1) is 13.0. The molecule has 1 aliphatic heterocycles. The maximum absolute atomic E-state index is 12.2. The van der Waals surface area contributed by atoms with Crippen LogP contribution >= 0.6 is 0 Å². The van der Waals surface area contributed by atoms with Crippen molar-refractivity contribution in [3.05, 3.63) is 53.1 Å². The standard InChI is InChI=1S/C19H19N3O5/c1-11-13(19(25)20-2)4-3-5-14(11)22-17(23)9-21-18(24)12-6-7-15-16(8-12)27-10-26-15/h3-8H,9-10H2,1-2H3,(H,20,25)(H,21,24)(H,22,23). The zero-order chi connectivity index (χ0) is 19.4. The lowest BCUT2D eigenvalue weighted by atomic mass is 10.1. The Bertz CT molecular complexity index is 910. The van der Waals surface area contributed by atoms with E-state index in [1.54, 1.807) is 50.4 Å². The van der Waals surface area contributed by atoms with Gasteiger partial charge in [0.05, 0.1) is 6.54 Å². The fraction of sp³-hybridized carbons (Fsp3) is 0.211. The second kappa shape index (κ2) is 7.77. The first-order valence-electron chi connectivity index (χ1n) is 8.29. The zero-order valence-electron chi connectivity index (χ0n) is 14.9. The van der Waals surface area contributed by atoms with Crippen molar-refractivity contribution in [2.75, 3.05) is 25.7 Å². The Morgan fingerprint density at radius 1 is 1.04 bits per heavy atom. The van der Waals surface area contributed by atoms with Crippen LogP contribution < -0.4 is 25.4 Å². The molecule has 0 atom stereocenters. The molecule has 140 valence electrons. The summed E-state index contributed by atoms with van der Waals surface area (Å²) in [6, 6.07) is 9.85. The Kier molecular flexibility index (Phi) is 5.25. The van der Waals surface area contributed by atoms with Gasteiger partial charge in [-0.1, -0.05) is 6.07 Å². The molecule has 0 bridgehead atoms. The highest BCUT2D eigenvalue weighted by molar-refractivity contribution is 6.01. The SMILES string of the molecule is CNC(=O)c1cccc(NC(=O)CNC(=O)c2ccc3c(c2)OCO3)c1C. The number of carbonyl (C=O) groups is 3. The van der Waals surface area contributed by atoms with Crippen LogP contribution in [0.2, 0.25) is 0 Å². The van der Waals surface area contributed by atoms with Crippen molar-refractivity contribution in [1.82, 2.24) is 10.6 Å². The van der Waals surface area contributed by atoms with E-state index >= 15 is 0 Å². The van der Waals surface area contributed by atoms with Gasteiger partial charge in [-0.2, -0.15) is 0 Å². The van der Waals surface area contributed by atoms with Gasteiger partial charge in [0.15, 0.2) is 11.5 Å². The number of ether oxygens (including phenoxy) is 2. The number of carbonyl (C=O) groups excluding carboxylic acids is 3. The topological polar surface area (TPSA) is 106 Å². The molecule has 0 saturated carbocycles. The molecule has 0 saturated heterocycles. The molecule has 3 N–H and O–H groups in total. The largest absolute Gasteiger partial charge is 0.454 e. The van der Waals surface area contributed by atoms with E-state index in [0.717, 1.165) is 0 Å². The molecule has 0 radical (unpaired) electrons. The molecule has 1 heterocycles. The first kappa shape index (κ1) is 18.2. The second-order valence-corrected chi connectivity index (χ2v) is 5.86. The highest BCUT2D eigenvalue weighted by Gasteiger charge is 2.17. The first-order valence-corrected chi connectivity index (χ1v) is 8.29. The highest BCUT2D eigenvalue weighted by atomic mass is 16.7. The lowest BCUT2D eigenvalue weighted by Crippen LogP contribution is -2.33. The van der Waals surface area contributed by atoms with Crippen molar-refractivity contribution < 1.29 is 23.9 Å². The molecule has 8 nitrogen and oxygen atoms in total. The molecule has 2 aromatic carbocycles. The van der Waals surface area contributed by atoms with Crippen LogP contribution in [0.4, 0.5) is 5.69 Å². The van der Waals surface area contributed by atoms with Gasteiger partial charge in [-0.3, -0.25) is 14.4 Å². The Morgan fingerprint density at radius 3 is 2.59 bits per heavy atom. The molecule has 8 heteroatoms. The van der Waals surface area contributed by atoms with Crippen molar-refractivity contribution in [2.24, 2.45) is 0 Å². The molecular formula is C19H19N3O5. The van der Waals surface area contributed by atoms with Gasteiger partial charge in [0.2, 0.25) is 12.7 Å². The maximum atomic E-state index is 12.2. The predicted octanol–water partition coefficient (Wildman–Crippen LogP) is 1.45. The number of hydrogen-bond acceptors (Lipinski definition) is 5. The molecule has 0 aromatic heterocycles. The summed E-state index contributed by atoms with van der Waals surface area (Å²) in [5.74, 6) is 0.0322. The van der Waals surface area contributed by atoms with Crippen molar-refractivity contribution in [1.29, 1.82) is 0 Å². The van der Waals surface area contributed by atoms with Crippen LogP contribution in [0.15, 0.2) is 36.4 Å². The Hall–Kier alpha value is -3.55. The number of rotatable bonds is 5. The molecule has 3 amide bonds. The molecule has 3 rings (SSSR count). The van der Waals surface area contributed by atoms with Crippen LogP contribution in [0.3, 0.4) is 0 Å². The third-order valence-electron chi connectivity index (χ3n) is 4.12. The van der Waals surface area contributed by atoms with Gasteiger partial charge < -0.3 is 25.4 Å². The lowest BCUT2D eigenvalue weighted by molar-refractivity contribution is -0.115. The summed E-state index contributed by atoms with van der Waals surface area (Å²) < 4.78 is 10.4. The van der Waals surface area contributed by atoms with Gasteiger partial charge in [-0.25, -0.2) is 0 Å². The smallest absolute Gasteiger partial charge is 0.251 e. The molecule has 2 aromatic rings. The molecule has 1 aliphatic rings. The van der Waals surface area contributed by atoms with Crippen LogP contribution in [-0.2, 0) is 4.79 Å². The van der Waals surface area contributed by atoms with Crippen molar-refractivity contribution in [3.63, 3.8) is 0 Å². The van der Waals surface area contributed by atoms with Crippen LogP contribution in [0.1, 0.15) is 26.3 Å². The van der Waals surface area contributed by atoms with E-state index in [9.17, 15) is 14.4 Å². The maximum Gasteiger partial charge on any atom is 0.251 e. The van der Waals surface area contributed by atoms with Crippen LogP contribution in [-0.4, -0.2) is 38.1 Å². The van der Waals surface area contributed by atoms with Gasteiger partial charge in [0.25, 0.3) is 11.8 Å². The third-order valence-corrected chi connectivity index (χ3v) is 4.12. The number of benzene rings is 2. The lowest BCUT2D eigenvalue weighted by Gasteiger charge is -2.12. The normalized spacial score (nSPS) is 11.6. The number of hydrogen-bond donors (Lipinski definition) is 3. The summed E-state index contributed by atoms with van der Waals surface area (Å²) in [7, 11) is 1.54. The average Bonchev–Trinajstić information content (AvgIpc) is 3.15. The van der Waals surface area contributed by atoms with Gasteiger partial charge in [0.1, 0.15) is 0 Å². The highest BCUT2D eigenvalue weighted by Crippen LogP contribution is 2.32. The van der Waals surface area contributed by atoms with Crippen molar-refractivity contribution in [3.8, 4) is 11.5 Å². The quantitative estimate of drug-likeness (QED) is 0.740. The van der Waals surface area contributed by atoms with Crippen molar-refractivity contribution in [2.45, 2.75) is 6.92 Å².